The average molecular weight is 338 g/mol. The van der Waals surface area contributed by atoms with Gasteiger partial charge in [0, 0.05) is 0 Å². The predicted octanol–water partition coefficient (Wildman–Crippen LogP) is 0.647. The largest absolute Gasteiger partial charge is 2.00 e. The fraction of sp³-hybridized carbons (Fsp3) is 0.750. The molecule has 0 rings (SSSR count). The molecule has 0 saturated carbocycles. The Hall–Kier alpha value is 1.42. The first-order valence-corrected chi connectivity index (χ1v) is 5.76. The van der Waals surface area contributed by atoms with E-state index in [1.54, 1.807) is 0 Å². The van der Waals surface area contributed by atoms with Crippen molar-refractivity contribution in [2.24, 2.45) is 0 Å². The van der Waals surface area contributed by atoms with Crippen LogP contribution in [0.5, 0.6) is 0 Å². The van der Waals surface area contributed by atoms with Crippen LogP contribution in [-0.2, 0) is 78.6 Å². The Labute approximate surface area is 126 Å². The molecule has 0 aliphatic rings. The van der Waals surface area contributed by atoms with Gasteiger partial charge in [0.15, 0.2) is 33.2 Å². The van der Waals surface area contributed by atoms with Gasteiger partial charge in [0.2, 0.25) is 0 Å². The summed E-state index contributed by atoms with van der Waals surface area (Å²) in [6.07, 6.45) is 0.315. The predicted molar refractivity (Wildman–Crippen MR) is 74.7 cm³/mol. The molecule has 0 heterocycles. The van der Waals surface area contributed by atoms with Gasteiger partial charge in [-0.05, 0) is 27.7 Å². The van der Waals surface area contributed by atoms with Crippen LogP contribution in [0.15, 0.2) is 0 Å². The van der Waals surface area contributed by atoms with Crippen molar-refractivity contribution in [1.29, 1.82) is 0 Å². The van der Waals surface area contributed by atoms with Crippen molar-refractivity contribution in [2.75, 3.05) is 0 Å². The van der Waals surface area contributed by atoms with Gasteiger partial charge in [-0.1, -0.05) is 0 Å². The third kappa shape index (κ3) is 31.3. The van der Waals surface area contributed by atoms with E-state index in [-0.39, 0.29) is 31.7 Å². The van der Waals surface area contributed by atoms with Gasteiger partial charge in [-0.25, -0.2) is 0 Å². The molecule has 0 aromatic carbocycles. The number of rotatable bonds is 2. The van der Waals surface area contributed by atoms with Crippen molar-refractivity contribution in [3.8, 4) is 0 Å². The van der Waals surface area contributed by atoms with Gasteiger partial charge >= 0.3 is 19.5 Å². The molecule has 0 N–H and O–H groups in total. The summed E-state index contributed by atoms with van der Waals surface area (Å²) in [5.41, 5.74) is 0. The quantitative estimate of drug-likeness (QED) is 0.242. The zero-order chi connectivity index (χ0) is 11.7. The summed E-state index contributed by atoms with van der Waals surface area (Å²) in [4.78, 5) is 0. The van der Waals surface area contributed by atoms with Crippen molar-refractivity contribution < 1.29 is 29.0 Å². The van der Waals surface area contributed by atoms with Gasteiger partial charge < -0.3 is 34.7 Å². The molecule has 15 heavy (non-hydrogen) atoms. The van der Waals surface area contributed by atoms with Crippen molar-refractivity contribution in [3.63, 3.8) is 0 Å². The van der Waals surface area contributed by atoms with E-state index < -0.39 is 0 Å². The summed E-state index contributed by atoms with van der Waals surface area (Å²) >= 11 is 16.5. The Morgan fingerprint density at radius 2 is 1.07 bits per heavy atom. The first-order valence-electron chi connectivity index (χ1n) is 4.04. The third-order valence-electron chi connectivity index (χ3n) is 0.673. The summed E-state index contributed by atoms with van der Waals surface area (Å²) in [5, 5.41) is 0. The van der Waals surface area contributed by atoms with E-state index in [0.29, 0.717) is 8.77 Å². The molecule has 0 saturated heterocycles. The normalized spacial score (nSPS) is 9.07. The molecule has 0 aliphatic heterocycles. The van der Waals surface area contributed by atoms with E-state index in [2.05, 4.69) is 49.7 Å². The maximum absolute atomic E-state index is 4.85. The first kappa shape index (κ1) is 21.7. The molecular formula is C8H16O2S4Zn+2. The molecule has 2 nitrogen and oxygen atoms in total. The molecular weight excluding hydrogens is 322 g/mol. The van der Waals surface area contributed by atoms with Crippen LogP contribution in [0, 0.1) is 0 Å². The van der Waals surface area contributed by atoms with Crippen molar-refractivity contribution in [1.82, 2.24) is 0 Å². The zero-order valence-electron chi connectivity index (χ0n) is 9.39. The van der Waals surface area contributed by atoms with Gasteiger partial charge in [-0.3, -0.25) is 0 Å². The Balaban J connectivity index is -0.000000180. The van der Waals surface area contributed by atoms with Crippen LogP contribution in [0.1, 0.15) is 27.7 Å². The average Bonchev–Trinajstić information content (AvgIpc) is 1.79. The molecule has 0 atom stereocenters. The summed E-state index contributed by atoms with van der Waals surface area (Å²) < 4.78 is 10.3. The van der Waals surface area contributed by atoms with E-state index in [0.717, 1.165) is 0 Å². The van der Waals surface area contributed by atoms with E-state index in [9.17, 15) is 0 Å². The Kier molecular flexibility index (Phi) is 19.5. The third-order valence-corrected chi connectivity index (χ3v) is 1.08. The standard InChI is InChI=1S/2C4H8OS2.Zn/c2*1-3(2)5-4(6)7;/h2*3H,1-2H3,(H,6,7);/q;;+2. The number of hydrogen-bond donors (Lipinski definition) is 0. The van der Waals surface area contributed by atoms with Crippen LogP contribution in [0.25, 0.3) is 0 Å². The van der Waals surface area contributed by atoms with Crippen molar-refractivity contribution >= 4 is 58.5 Å². The minimum absolute atomic E-state index is 0. The maximum Gasteiger partial charge on any atom is 2.00 e. The minimum Gasteiger partial charge on any atom is -0.665 e. The van der Waals surface area contributed by atoms with E-state index in [1.807, 2.05) is 27.7 Å². The second-order valence-corrected chi connectivity index (χ2v) is 5.02. The van der Waals surface area contributed by atoms with E-state index in [1.165, 1.54) is 0 Å². The topological polar surface area (TPSA) is 18.5 Å². The molecule has 7 heteroatoms. The maximum atomic E-state index is 4.85. The summed E-state index contributed by atoms with van der Waals surface area (Å²) in [6.45, 7) is 7.62. The Morgan fingerprint density at radius 3 is 1.07 bits per heavy atom. The fourth-order valence-corrected chi connectivity index (χ4v) is 1.21. The monoisotopic (exact) mass is 336 g/mol. The number of thiol groups is 2. The van der Waals surface area contributed by atoms with Gasteiger partial charge in [0.1, 0.15) is 0 Å². The SMILES string of the molecule is CC(C)OC([S-])=[SH+].CC(C)OC([S-])=[SH+].[Zn+2]. The number of hydrogen-bond acceptors (Lipinski definition) is 4. The molecule has 0 radical (unpaired) electrons. The molecule has 0 unspecified atom stereocenters. The summed E-state index contributed by atoms with van der Waals surface area (Å²) in [7, 11) is 0. The van der Waals surface area contributed by atoms with Crippen molar-refractivity contribution in [3.05, 3.63) is 0 Å². The van der Waals surface area contributed by atoms with Crippen LogP contribution in [0.2, 0.25) is 0 Å². The summed E-state index contributed by atoms with van der Waals surface area (Å²) in [6, 6.07) is 0. The van der Waals surface area contributed by atoms with E-state index in [4.69, 9.17) is 9.47 Å². The molecule has 0 aromatic rings. The molecule has 0 amide bonds. The van der Waals surface area contributed by atoms with Crippen LogP contribution >= 0.6 is 0 Å². The second-order valence-electron chi connectivity index (χ2n) is 2.87. The van der Waals surface area contributed by atoms with Crippen LogP contribution in [0.4, 0.5) is 0 Å². The molecule has 0 bridgehead atoms. The number of ether oxygens (including phenoxy) is 2. The smallest absolute Gasteiger partial charge is 0.665 e. The second kappa shape index (κ2) is 13.5. The fourth-order valence-electron chi connectivity index (χ4n) is 0.403. The molecule has 0 spiro atoms. The molecule has 0 fully saturated rings. The first-order chi connectivity index (χ1) is 6.25. The van der Waals surface area contributed by atoms with E-state index >= 15 is 0 Å². The van der Waals surface area contributed by atoms with Crippen LogP contribution < -0.4 is 0 Å². The Morgan fingerprint density at radius 1 is 0.867 bits per heavy atom. The van der Waals surface area contributed by atoms with Crippen molar-refractivity contribution in [2.45, 2.75) is 39.9 Å². The summed E-state index contributed by atoms with van der Waals surface area (Å²) in [5.74, 6) is 0. The van der Waals surface area contributed by atoms with Gasteiger partial charge in [-0.2, -0.15) is 0 Å². The zero-order valence-corrected chi connectivity index (χ0v) is 15.8. The minimum atomic E-state index is 0. The van der Waals surface area contributed by atoms with Gasteiger partial charge in [0.05, 0.1) is 12.2 Å². The Bertz CT molecular complexity index is 165. The van der Waals surface area contributed by atoms with Crippen LogP contribution in [0.3, 0.4) is 0 Å². The molecule has 0 aliphatic carbocycles. The van der Waals surface area contributed by atoms with Gasteiger partial charge in [-0.15, -0.1) is 0 Å². The molecule has 84 valence electrons. The van der Waals surface area contributed by atoms with Crippen LogP contribution in [-0.4, -0.2) is 21.0 Å². The van der Waals surface area contributed by atoms with Gasteiger partial charge in [0.25, 0.3) is 0 Å². The molecule has 0 aromatic heterocycles.